The summed E-state index contributed by atoms with van der Waals surface area (Å²) >= 11 is 3.53. The predicted octanol–water partition coefficient (Wildman–Crippen LogP) is 5.21. The molecule has 0 bridgehead atoms. The van der Waals surface area contributed by atoms with Gasteiger partial charge in [-0.05, 0) is 56.7 Å². The van der Waals surface area contributed by atoms with Crippen LogP contribution >= 0.6 is 15.9 Å². The number of aryl methyl sites for hydroxylation is 1. The van der Waals surface area contributed by atoms with Gasteiger partial charge in [0.25, 0.3) is 0 Å². The first kappa shape index (κ1) is 22.8. The summed E-state index contributed by atoms with van der Waals surface area (Å²) in [5.74, 6) is -0.656. The lowest BCUT2D eigenvalue weighted by molar-refractivity contribution is -0.140. The number of hydrogen-bond acceptors (Lipinski definition) is 3. The van der Waals surface area contributed by atoms with Crippen LogP contribution in [0.1, 0.15) is 67.8 Å². The predicted molar refractivity (Wildman–Crippen MR) is 127 cm³/mol. The van der Waals surface area contributed by atoms with Crippen LogP contribution in [0.2, 0.25) is 0 Å². The molecule has 2 aliphatic carbocycles. The number of rotatable bonds is 7. The Morgan fingerprint density at radius 2 is 1.97 bits per heavy atom. The highest BCUT2D eigenvalue weighted by Crippen LogP contribution is 2.44. The lowest BCUT2D eigenvalue weighted by Crippen LogP contribution is -2.37. The van der Waals surface area contributed by atoms with Gasteiger partial charge < -0.3 is 10.4 Å². The van der Waals surface area contributed by atoms with E-state index in [9.17, 15) is 14.7 Å². The van der Waals surface area contributed by atoms with E-state index >= 15 is 0 Å². The molecule has 7 heteroatoms. The Bertz CT molecular complexity index is 1050. The maximum absolute atomic E-state index is 12.8. The number of carboxylic acid groups (broad SMARTS) is 1. The van der Waals surface area contributed by atoms with Gasteiger partial charge in [-0.15, -0.1) is 0 Å². The van der Waals surface area contributed by atoms with Crippen LogP contribution in [0, 0.1) is 19.3 Å². The number of aromatic nitrogens is 2. The molecule has 2 aromatic rings. The summed E-state index contributed by atoms with van der Waals surface area (Å²) in [6.07, 6.45) is 9.06. The molecule has 1 amide bonds. The van der Waals surface area contributed by atoms with Crippen molar-refractivity contribution in [3.8, 4) is 5.69 Å². The Hall–Kier alpha value is -2.41. The topological polar surface area (TPSA) is 84.2 Å². The van der Waals surface area contributed by atoms with Crippen molar-refractivity contribution in [1.29, 1.82) is 0 Å². The zero-order chi connectivity index (χ0) is 22.9. The molecule has 170 valence electrons. The highest BCUT2D eigenvalue weighted by atomic mass is 79.9. The summed E-state index contributed by atoms with van der Waals surface area (Å²) in [5.41, 5.74) is 3.94. The fourth-order valence-electron chi connectivity index (χ4n) is 5.53. The fourth-order valence-corrected chi connectivity index (χ4v) is 5.92. The molecule has 2 aliphatic rings. The third-order valence-corrected chi connectivity index (χ3v) is 7.42. The molecule has 0 spiro atoms. The van der Waals surface area contributed by atoms with Crippen LogP contribution in [-0.2, 0) is 9.59 Å². The van der Waals surface area contributed by atoms with Crippen molar-refractivity contribution in [3.05, 3.63) is 57.8 Å². The molecule has 1 aromatic heterocycles. The van der Waals surface area contributed by atoms with Crippen molar-refractivity contribution in [2.45, 2.75) is 70.8 Å². The minimum atomic E-state index is -0.811. The second-order valence-electron chi connectivity index (χ2n) is 9.33. The number of nitrogens with zero attached hydrogens (tertiary/aromatic N) is 2. The number of amides is 1. The molecule has 4 rings (SSSR count). The number of carboxylic acids is 1. The number of halogens is 1. The third kappa shape index (κ3) is 4.82. The van der Waals surface area contributed by atoms with Crippen LogP contribution < -0.4 is 5.32 Å². The van der Waals surface area contributed by atoms with Gasteiger partial charge in [-0.1, -0.05) is 47.0 Å². The van der Waals surface area contributed by atoms with Crippen LogP contribution in [0.5, 0.6) is 0 Å². The zero-order valence-electron chi connectivity index (χ0n) is 18.6. The number of benzene rings is 1. The molecule has 0 aliphatic heterocycles. The Balaban J connectivity index is 1.42. The molecule has 2 atom stereocenters. The van der Waals surface area contributed by atoms with Gasteiger partial charge in [-0.2, -0.15) is 5.10 Å². The molecular formula is C25H30BrN3O3. The molecule has 0 unspecified atom stereocenters. The molecule has 0 saturated heterocycles. The van der Waals surface area contributed by atoms with Gasteiger partial charge >= 0.3 is 5.97 Å². The van der Waals surface area contributed by atoms with E-state index in [4.69, 9.17) is 5.10 Å². The SMILES string of the molecule is Cc1nn(-c2cccc(Br)c2)c(C)c1[C@H]1C=C[C@@H](NC(=O)CC2(CC(=O)O)CCCC2)C1. The molecule has 32 heavy (non-hydrogen) atoms. The number of carbonyl (C=O) groups excluding carboxylic acids is 1. The van der Waals surface area contributed by atoms with E-state index in [1.807, 2.05) is 35.9 Å². The Labute approximate surface area is 197 Å². The van der Waals surface area contributed by atoms with Crippen molar-refractivity contribution >= 4 is 27.8 Å². The lowest BCUT2D eigenvalue weighted by Gasteiger charge is -2.27. The summed E-state index contributed by atoms with van der Waals surface area (Å²) in [5, 5.41) is 17.2. The van der Waals surface area contributed by atoms with Gasteiger partial charge in [0, 0.05) is 34.1 Å². The molecule has 1 aromatic carbocycles. The van der Waals surface area contributed by atoms with E-state index in [1.54, 1.807) is 0 Å². The summed E-state index contributed by atoms with van der Waals surface area (Å²) in [7, 11) is 0. The second kappa shape index (κ2) is 9.22. The number of carbonyl (C=O) groups is 2. The van der Waals surface area contributed by atoms with Gasteiger partial charge in [-0.25, -0.2) is 4.68 Å². The van der Waals surface area contributed by atoms with Crippen molar-refractivity contribution in [1.82, 2.24) is 15.1 Å². The van der Waals surface area contributed by atoms with Gasteiger partial charge in [0.05, 0.1) is 17.8 Å². The molecule has 1 heterocycles. The summed E-state index contributed by atoms with van der Waals surface area (Å²) in [6.45, 7) is 4.12. The molecule has 0 radical (unpaired) electrons. The monoisotopic (exact) mass is 499 g/mol. The molecule has 2 N–H and O–H groups in total. The van der Waals surface area contributed by atoms with Gasteiger partial charge in [0.15, 0.2) is 0 Å². The molecule has 1 fully saturated rings. The average Bonchev–Trinajstić information content (AvgIpc) is 3.41. The van der Waals surface area contributed by atoms with Crippen molar-refractivity contribution in [2.24, 2.45) is 5.41 Å². The fraction of sp³-hybridized carbons (Fsp3) is 0.480. The van der Waals surface area contributed by atoms with Crippen LogP contribution in [0.4, 0.5) is 0 Å². The van der Waals surface area contributed by atoms with Crippen molar-refractivity contribution in [2.75, 3.05) is 0 Å². The van der Waals surface area contributed by atoms with Crippen LogP contribution in [0.3, 0.4) is 0 Å². The first-order valence-corrected chi connectivity index (χ1v) is 12.1. The van der Waals surface area contributed by atoms with Gasteiger partial charge in [0.1, 0.15) is 0 Å². The standard InChI is InChI=1S/C25H30BrN3O3/c1-16-24(17(2)29(28-16)21-7-5-6-19(26)13-21)18-8-9-20(12-18)27-22(30)14-25(15-23(31)32)10-3-4-11-25/h5-9,13,18,20H,3-4,10-12,14-15H2,1-2H3,(H,27,30)(H,31,32)/t18-,20+/m0/s1. The first-order valence-electron chi connectivity index (χ1n) is 11.3. The van der Waals surface area contributed by atoms with Gasteiger partial charge in [0.2, 0.25) is 5.91 Å². The highest BCUT2D eigenvalue weighted by molar-refractivity contribution is 9.10. The van der Waals surface area contributed by atoms with E-state index in [0.29, 0.717) is 6.42 Å². The molecule has 6 nitrogen and oxygen atoms in total. The van der Waals surface area contributed by atoms with Gasteiger partial charge in [-0.3, -0.25) is 9.59 Å². The van der Waals surface area contributed by atoms with Crippen LogP contribution in [0.25, 0.3) is 5.69 Å². The van der Waals surface area contributed by atoms with E-state index in [2.05, 4.69) is 40.3 Å². The first-order chi connectivity index (χ1) is 15.3. The summed E-state index contributed by atoms with van der Waals surface area (Å²) in [4.78, 5) is 24.1. The minimum absolute atomic E-state index is 0.0381. The Kier molecular flexibility index (Phi) is 6.56. The second-order valence-corrected chi connectivity index (χ2v) is 10.2. The van der Waals surface area contributed by atoms with Crippen molar-refractivity contribution < 1.29 is 14.7 Å². The summed E-state index contributed by atoms with van der Waals surface area (Å²) < 4.78 is 2.99. The largest absolute Gasteiger partial charge is 0.481 e. The van der Waals surface area contributed by atoms with E-state index in [1.165, 1.54) is 5.56 Å². The Morgan fingerprint density at radius 3 is 2.66 bits per heavy atom. The maximum atomic E-state index is 12.8. The number of allylic oxidation sites excluding steroid dienone is 1. The minimum Gasteiger partial charge on any atom is -0.481 e. The molecule has 1 saturated carbocycles. The van der Waals surface area contributed by atoms with E-state index in [0.717, 1.165) is 53.7 Å². The normalized spacial score (nSPS) is 21.7. The number of nitrogens with one attached hydrogen (secondary N) is 1. The third-order valence-electron chi connectivity index (χ3n) is 6.93. The summed E-state index contributed by atoms with van der Waals surface area (Å²) in [6, 6.07) is 8.04. The number of aliphatic carboxylic acids is 1. The smallest absolute Gasteiger partial charge is 0.303 e. The van der Waals surface area contributed by atoms with Crippen LogP contribution in [-0.4, -0.2) is 32.8 Å². The van der Waals surface area contributed by atoms with E-state index in [-0.39, 0.29) is 29.7 Å². The molecular weight excluding hydrogens is 470 g/mol. The highest BCUT2D eigenvalue weighted by Gasteiger charge is 2.38. The number of hydrogen-bond donors (Lipinski definition) is 2. The maximum Gasteiger partial charge on any atom is 0.303 e. The van der Waals surface area contributed by atoms with Crippen molar-refractivity contribution in [3.63, 3.8) is 0 Å². The quantitative estimate of drug-likeness (QED) is 0.512. The zero-order valence-corrected chi connectivity index (χ0v) is 20.2. The Morgan fingerprint density at radius 1 is 1.22 bits per heavy atom. The average molecular weight is 500 g/mol. The van der Waals surface area contributed by atoms with E-state index < -0.39 is 5.97 Å². The lowest BCUT2D eigenvalue weighted by atomic mass is 9.79. The van der Waals surface area contributed by atoms with Crippen LogP contribution in [0.15, 0.2) is 40.9 Å².